The Bertz CT molecular complexity index is 833. The van der Waals surface area contributed by atoms with Gasteiger partial charge in [0.05, 0.1) is 12.7 Å². The van der Waals surface area contributed by atoms with Crippen molar-refractivity contribution in [1.29, 1.82) is 0 Å². The van der Waals surface area contributed by atoms with Gasteiger partial charge in [-0.2, -0.15) is 0 Å². The number of thiophene rings is 1. The second-order valence-electron chi connectivity index (χ2n) is 5.95. The molecule has 25 heavy (non-hydrogen) atoms. The summed E-state index contributed by atoms with van der Waals surface area (Å²) < 4.78 is 4.98. The second-order valence-corrected chi connectivity index (χ2v) is 7.87. The molecule has 2 aromatic rings. The number of esters is 1. The molecule has 1 aliphatic rings. The van der Waals surface area contributed by atoms with Crippen LogP contribution in [0.2, 0.25) is 5.02 Å². The third-order valence-electron chi connectivity index (χ3n) is 4.22. The standard InChI is InChI=1S/C18H19ClN2O2S2/c1-10-7-8-11(9-13(10)19)20-18(24)21-16-15(17(22)23-2)12-5-3-4-6-14(12)25-16/h7-9H,3-6H2,1-2H3,(H2,20,21,24). The Morgan fingerprint density at radius 2 is 2.04 bits per heavy atom. The first-order chi connectivity index (χ1) is 12.0. The number of hydrogen-bond acceptors (Lipinski definition) is 4. The van der Waals surface area contributed by atoms with Gasteiger partial charge in [-0.15, -0.1) is 11.3 Å². The molecule has 0 saturated carbocycles. The first-order valence-electron chi connectivity index (χ1n) is 8.06. The Balaban J connectivity index is 1.82. The third kappa shape index (κ3) is 3.97. The number of carbonyl (C=O) groups excluding carboxylic acids is 1. The molecule has 0 fully saturated rings. The van der Waals surface area contributed by atoms with Crippen LogP contribution in [-0.2, 0) is 17.6 Å². The second kappa shape index (κ2) is 7.72. The fourth-order valence-electron chi connectivity index (χ4n) is 2.91. The largest absolute Gasteiger partial charge is 0.465 e. The van der Waals surface area contributed by atoms with Crippen molar-refractivity contribution in [2.45, 2.75) is 32.6 Å². The van der Waals surface area contributed by atoms with E-state index in [1.54, 1.807) is 11.3 Å². The molecule has 1 aliphatic carbocycles. The molecule has 0 amide bonds. The maximum atomic E-state index is 12.3. The summed E-state index contributed by atoms with van der Waals surface area (Å²) in [6.45, 7) is 1.95. The van der Waals surface area contributed by atoms with Crippen LogP contribution < -0.4 is 10.6 Å². The molecule has 1 aromatic heterocycles. The molecule has 0 saturated heterocycles. The third-order valence-corrected chi connectivity index (χ3v) is 6.04. The van der Waals surface area contributed by atoms with Gasteiger partial charge in [-0.1, -0.05) is 17.7 Å². The molecule has 0 radical (unpaired) electrons. The van der Waals surface area contributed by atoms with Gasteiger partial charge in [-0.3, -0.25) is 0 Å². The van der Waals surface area contributed by atoms with E-state index in [0.717, 1.165) is 47.5 Å². The molecule has 132 valence electrons. The van der Waals surface area contributed by atoms with Gasteiger partial charge in [-0.25, -0.2) is 4.79 Å². The highest BCUT2D eigenvalue weighted by Crippen LogP contribution is 2.38. The Kier molecular flexibility index (Phi) is 5.61. The van der Waals surface area contributed by atoms with Gasteiger partial charge in [0.1, 0.15) is 5.00 Å². The number of hydrogen-bond donors (Lipinski definition) is 2. The molecule has 1 heterocycles. The summed E-state index contributed by atoms with van der Waals surface area (Å²) >= 11 is 13.1. The van der Waals surface area contributed by atoms with E-state index in [4.69, 9.17) is 28.6 Å². The van der Waals surface area contributed by atoms with Crippen LogP contribution in [0.15, 0.2) is 18.2 Å². The zero-order valence-electron chi connectivity index (χ0n) is 14.1. The summed E-state index contributed by atoms with van der Waals surface area (Å²) in [5.74, 6) is -0.317. The van der Waals surface area contributed by atoms with Gasteiger partial charge in [0.2, 0.25) is 0 Å². The molecule has 2 N–H and O–H groups in total. The van der Waals surface area contributed by atoms with Gasteiger partial charge >= 0.3 is 5.97 Å². The SMILES string of the molecule is COC(=O)c1c(NC(=S)Nc2ccc(C)c(Cl)c2)sc2c1CCCC2. The minimum atomic E-state index is -0.317. The molecule has 0 spiro atoms. The number of thiocarbonyl (C=S) groups is 1. The number of benzene rings is 1. The fraction of sp³-hybridized carbons (Fsp3) is 0.333. The van der Waals surface area contributed by atoms with Gasteiger partial charge in [0, 0.05) is 15.6 Å². The first kappa shape index (κ1) is 18.2. The average Bonchev–Trinajstić information content (AvgIpc) is 2.95. The van der Waals surface area contributed by atoms with Gasteiger partial charge in [0.25, 0.3) is 0 Å². The Morgan fingerprint density at radius 3 is 2.76 bits per heavy atom. The molecule has 0 atom stereocenters. The predicted molar refractivity (Wildman–Crippen MR) is 108 cm³/mol. The highest BCUT2D eigenvalue weighted by molar-refractivity contribution is 7.80. The molecule has 4 nitrogen and oxygen atoms in total. The van der Waals surface area contributed by atoms with Crippen LogP contribution in [-0.4, -0.2) is 18.2 Å². The molecule has 1 aromatic carbocycles. The van der Waals surface area contributed by atoms with Crippen LogP contribution in [0.5, 0.6) is 0 Å². The van der Waals surface area contributed by atoms with E-state index in [2.05, 4.69) is 10.6 Å². The van der Waals surface area contributed by atoms with Crippen molar-refractivity contribution in [1.82, 2.24) is 0 Å². The summed E-state index contributed by atoms with van der Waals surface area (Å²) in [5.41, 5.74) is 3.53. The van der Waals surface area contributed by atoms with Crippen LogP contribution in [0.3, 0.4) is 0 Å². The summed E-state index contributed by atoms with van der Waals surface area (Å²) in [7, 11) is 1.41. The molecule has 0 unspecified atom stereocenters. The van der Waals surface area contributed by atoms with Gasteiger partial charge < -0.3 is 15.4 Å². The maximum absolute atomic E-state index is 12.3. The summed E-state index contributed by atoms with van der Waals surface area (Å²) in [6.07, 6.45) is 4.15. The number of carbonyl (C=O) groups is 1. The fourth-order valence-corrected chi connectivity index (χ4v) is 4.65. The number of methoxy groups -OCH3 is 1. The lowest BCUT2D eigenvalue weighted by Crippen LogP contribution is -2.20. The highest BCUT2D eigenvalue weighted by Gasteiger charge is 2.26. The number of aryl methyl sites for hydroxylation is 2. The van der Waals surface area contributed by atoms with Gasteiger partial charge in [0.15, 0.2) is 5.11 Å². The molecule has 0 aliphatic heterocycles. The smallest absolute Gasteiger partial charge is 0.341 e. The van der Waals surface area contributed by atoms with E-state index in [1.165, 1.54) is 12.0 Å². The van der Waals surface area contributed by atoms with Crippen molar-refractivity contribution >= 4 is 56.9 Å². The quantitative estimate of drug-likeness (QED) is 0.554. The number of rotatable bonds is 3. The molecule has 3 rings (SSSR count). The normalized spacial score (nSPS) is 13.1. The Labute approximate surface area is 161 Å². The van der Waals surface area contributed by atoms with Crippen LogP contribution in [0, 0.1) is 6.92 Å². The Hall–Kier alpha value is -1.63. The lowest BCUT2D eigenvalue weighted by molar-refractivity contribution is 0.0601. The number of anilines is 2. The maximum Gasteiger partial charge on any atom is 0.341 e. The number of halogens is 1. The summed E-state index contributed by atoms with van der Waals surface area (Å²) in [6, 6.07) is 5.67. The zero-order chi connectivity index (χ0) is 18.0. The molecular formula is C18H19ClN2O2S2. The van der Waals surface area contributed by atoms with Crippen molar-refractivity contribution in [3.63, 3.8) is 0 Å². The highest BCUT2D eigenvalue weighted by atomic mass is 35.5. The van der Waals surface area contributed by atoms with E-state index in [1.807, 2.05) is 25.1 Å². The van der Waals surface area contributed by atoms with Crippen molar-refractivity contribution < 1.29 is 9.53 Å². The van der Waals surface area contributed by atoms with E-state index in [0.29, 0.717) is 15.7 Å². The topological polar surface area (TPSA) is 50.4 Å². The number of fused-ring (bicyclic) bond motifs is 1. The molecule has 7 heteroatoms. The van der Waals surface area contributed by atoms with Crippen molar-refractivity contribution in [3.8, 4) is 0 Å². The van der Waals surface area contributed by atoms with E-state index < -0.39 is 0 Å². The zero-order valence-corrected chi connectivity index (χ0v) is 16.5. The Morgan fingerprint density at radius 1 is 1.28 bits per heavy atom. The van der Waals surface area contributed by atoms with Gasteiger partial charge in [-0.05, 0) is 68.1 Å². The minimum absolute atomic E-state index is 0.317. The van der Waals surface area contributed by atoms with Crippen molar-refractivity contribution in [3.05, 3.63) is 44.8 Å². The monoisotopic (exact) mass is 394 g/mol. The molecule has 0 bridgehead atoms. The van der Waals surface area contributed by atoms with Crippen LogP contribution >= 0.6 is 35.2 Å². The average molecular weight is 395 g/mol. The van der Waals surface area contributed by atoms with E-state index in [9.17, 15) is 4.79 Å². The lowest BCUT2D eigenvalue weighted by Gasteiger charge is -2.13. The van der Waals surface area contributed by atoms with E-state index >= 15 is 0 Å². The van der Waals surface area contributed by atoms with E-state index in [-0.39, 0.29) is 5.97 Å². The van der Waals surface area contributed by atoms with Crippen molar-refractivity contribution in [2.75, 3.05) is 17.7 Å². The van der Waals surface area contributed by atoms with Crippen molar-refractivity contribution in [2.24, 2.45) is 0 Å². The summed E-state index contributed by atoms with van der Waals surface area (Å²) in [4.78, 5) is 13.5. The molecular weight excluding hydrogens is 376 g/mol. The van der Waals surface area contributed by atoms with Crippen LogP contribution in [0.25, 0.3) is 0 Å². The van der Waals surface area contributed by atoms with Crippen LogP contribution in [0.4, 0.5) is 10.7 Å². The van der Waals surface area contributed by atoms with Crippen LogP contribution in [0.1, 0.15) is 39.2 Å². The minimum Gasteiger partial charge on any atom is -0.465 e. The lowest BCUT2D eigenvalue weighted by atomic mass is 9.95. The number of ether oxygens (including phenoxy) is 1. The number of nitrogens with one attached hydrogen (secondary N) is 2. The predicted octanol–water partition coefficient (Wildman–Crippen LogP) is 5.18. The summed E-state index contributed by atoms with van der Waals surface area (Å²) in [5, 5.41) is 8.11. The first-order valence-corrected chi connectivity index (χ1v) is 9.67.